The van der Waals surface area contributed by atoms with Gasteiger partial charge in [-0.3, -0.25) is 9.89 Å². The summed E-state index contributed by atoms with van der Waals surface area (Å²) in [5.41, 5.74) is 6.42. The number of hydrogen-bond acceptors (Lipinski definition) is 5. The normalized spacial score (nSPS) is 15.0. The van der Waals surface area contributed by atoms with Gasteiger partial charge in [-0.1, -0.05) is 91.0 Å². The van der Waals surface area contributed by atoms with Gasteiger partial charge in [-0.05, 0) is 92.7 Å². The monoisotopic (exact) mass is 619 g/mol. The van der Waals surface area contributed by atoms with Gasteiger partial charge in [-0.2, -0.15) is 0 Å². The number of aliphatic imine (C=N–C) groups is 1. The maximum atomic E-state index is 5.25. The smallest absolute Gasteiger partial charge is 0.202 e. The Morgan fingerprint density at radius 3 is 2.02 bits per heavy atom. The van der Waals surface area contributed by atoms with E-state index in [1.165, 1.54) is 43.4 Å². The summed E-state index contributed by atoms with van der Waals surface area (Å²) >= 11 is 0. The van der Waals surface area contributed by atoms with E-state index in [0.717, 1.165) is 83.9 Å². The highest BCUT2D eigenvalue weighted by atomic mass is 15.4. The Morgan fingerprint density at radius 1 is 0.479 bits per heavy atom. The first-order valence-corrected chi connectivity index (χ1v) is 17.0. The van der Waals surface area contributed by atoms with E-state index in [9.17, 15) is 0 Å². The van der Waals surface area contributed by atoms with E-state index >= 15 is 0 Å². The first-order valence-electron chi connectivity index (χ1n) is 17.0. The third-order valence-corrected chi connectivity index (χ3v) is 10.2. The van der Waals surface area contributed by atoms with Crippen molar-refractivity contribution in [1.82, 2.24) is 14.9 Å². The molecule has 5 heteroatoms. The molecule has 1 fully saturated rings. The summed E-state index contributed by atoms with van der Waals surface area (Å²) in [7, 11) is 0. The molecule has 0 bridgehead atoms. The fourth-order valence-corrected chi connectivity index (χ4v) is 7.78. The molecule has 5 nitrogen and oxygen atoms in total. The van der Waals surface area contributed by atoms with Crippen LogP contribution in [0.15, 0.2) is 132 Å². The second-order valence-corrected chi connectivity index (χ2v) is 13.1. The zero-order chi connectivity index (χ0) is 31.6. The molecule has 0 radical (unpaired) electrons. The quantitative estimate of drug-likeness (QED) is 0.185. The molecule has 230 valence electrons. The summed E-state index contributed by atoms with van der Waals surface area (Å²) in [6.45, 7) is 3.97. The molecule has 1 saturated heterocycles. The third-order valence-electron chi connectivity index (χ3n) is 10.2. The van der Waals surface area contributed by atoms with Crippen LogP contribution in [0.25, 0.3) is 76.5 Å². The van der Waals surface area contributed by atoms with E-state index in [-0.39, 0.29) is 0 Å². The molecule has 2 aliphatic heterocycles. The topological polar surface area (TPSA) is 44.6 Å². The van der Waals surface area contributed by atoms with Crippen molar-refractivity contribution in [2.45, 2.75) is 12.8 Å². The van der Waals surface area contributed by atoms with Crippen LogP contribution in [0.3, 0.4) is 0 Å². The van der Waals surface area contributed by atoms with E-state index in [4.69, 9.17) is 15.0 Å². The first-order chi connectivity index (χ1) is 23.8. The number of fused-ring (bicyclic) bond motifs is 8. The Morgan fingerprint density at radius 2 is 1.15 bits per heavy atom. The zero-order valence-electron chi connectivity index (χ0n) is 26.6. The molecule has 48 heavy (non-hydrogen) atoms. The van der Waals surface area contributed by atoms with Gasteiger partial charge in [0.25, 0.3) is 0 Å². The Balaban J connectivity index is 1.05. The molecule has 0 atom stereocenters. The number of rotatable bonds is 3. The minimum atomic E-state index is 0.886. The van der Waals surface area contributed by atoms with Gasteiger partial charge in [0.05, 0.1) is 16.7 Å². The zero-order valence-corrected chi connectivity index (χ0v) is 26.6. The summed E-state index contributed by atoms with van der Waals surface area (Å²) in [6, 6.07) is 46.2. The Hall–Kier alpha value is -5.81. The highest BCUT2D eigenvalue weighted by molar-refractivity contribution is 6.14. The first kappa shape index (κ1) is 27.3. The minimum Gasteiger partial charge on any atom is -0.342 e. The second-order valence-electron chi connectivity index (χ2n) is 13.1. The van der Waals surface area contributed by atoms with Crippen molar-refractivity contribution >= 4 is 65.9 Å². The van der Waals surface area contributed by atoms with Gasteiger partial charge in [-0.25, -0.2) is 9.97 Å². The molecule has 0 aliphatic carbocycles. The molecule has 4 heterocycles. The van der Waals surface area contributed by atoms with E-state index in [0.29, 0.717) is 0 Å². The van der Waals surface area contributed by atoms with Crippen molar-refractivity contribution < 1.29 is 0 Å². The molecule has 10 rings (SSSR count). The van der Waals surface area contributed by atoms with Crippen LogP contribution >= 0.6 is 0 Å². The van der Waals surface area contributed by atoms with Gasteiger partial charge in [0.2, 0.25) is 5.96 Å². The lowest BCUT2D eigenvalue weighted by Gasteiger charge is -2.40. The van der Waals surface area contributed by atoms with Crippen LogP contribution in [0.1, 0.15) is 12.8 Å². The van der Waals surface area contributed by atoms with Crippen molar-refractivity contribution in [3.63, 3.8) is 0 Å². The van der Waals surface area contributed by atoms with Crippen molar-refractivity contribution in [3.8, 4) is 22.4 Å². The number of pyridine rings is 2. The molecule has 6 aromatic carbocycles. The fourth-order valence-electron chi connectivity index (χ4n) is 7.78. The van der Waals surface area contributed by atoms with Crippen molar-refractivity contribution in [2.75, 3.05) is 31.1 Å². The minimum absolute atomic E-state index is 0.886. The maximum absolute atomic E-state index is 5.25. The van der Waals surface area contributed by atoms with Crippen LogP contribution in [0.2, 0.25) is 0 Å². The number of anilines is 1. The summed E-state index contributed by atoms with van der Waals surface area (Å²) < 4.78 is 0. The van der Waals surface area contributed by atoms with E-state index in [1.54, 1.807) is 0 Å². The molecular weight excluding hydrogens is 587 g/mol. The number of hydrogen-bond donors (Lipinski definition) is 0. The Bertz CT molecular complexity index is 2600. The highest BCUT2D eigenvalue weighted by Gasteiger charge is 2.27. The van der Waals surface area contributed by atoms with E-state index < -0.39 is 0 Å². The Kier molecular flexibility index (Phi) is 6.19. The molecule has 0 spiro atoms. The molecular formula is C43H33N5. The molecule has 0 N–H and O–H groups in total. The number of benzene rings is 6. The molecule has 2 aromatic heterocycles. The average Bonchev–Trinajstić information content (AvgIpc) is 3.16. The average molecular weight is 620 g/mol. The number of aromatic nitrogens is 2. The van der Waals surface area contributed by atoms with Crippen molar-refractivity contribution in [3.05, 3.63) is 127 Å². The molecule has 0 unspecified atom stereocenters. The summed E-state index contributed by atoms with van der Waals surface area (Å²) in [4.78, 5) is 20.1. The van der Waals surface area contributed by atoms with E-state index in [2.05, 4.69) is 137 Å². The Labute approximate surface area is 278 Å². The van der Waals surface area contributed by atoms with Gasteiger partial charge in [0.15, 0.2) is 0 Å². The lowest BCUT2D eigenvalue weighted by molar-refractivity contribution is 0.359. The number of nitrogens with zero attached hydrogens (tertiary/aromatic N) is 5. The fraction of sp³-hybridized carbons (Fsp3) is 0.140. The van der Waals surface area contributed by atoms with Crippen LogP contribution in [-0.4, -0.2) is 47.0 Å². The largest absolute Gasteiger partial charge is 0.342 e. The van der Waals surface area contributed by atoms with Crippen molar-refractivity contribution in [2.24, 2.45) is 4.99 Å². The highest BCUT2D eigenvalue weighted by Crippen LogP contribution is 2.37. The molecule has 0 amide bonds. The van der Waals surface area contributed by atoms with Gasteiger partial charge in [-0.15, -0.1) is 0 Å². The summed E-state index contributed by atoms with van der Waals surface area (Å²) in [5.74, 6) is 2.02. The van der Waals surface area contributed by atoms with Gasteiger partial charge < -0.3 is 4.90 Å². The van der Waals surface area contributed by atoms with Crippen molar-refractivity contribution in [1.29, 1.82) is 0 Å². The van der Waals surface area contributed by atoms with E-state index in [1.807, 2.05) is 0 Å². The second kappa shape index (κ2) is 10.9. The SMILES string of the molecule is c1ccc2c(c1)cc(-c1ccc3cc(-c4ccc5ccc6ccc(N7CCCN8CCCN=C87)nc6c5n4)ccc3c1)c1ccccc12. The molecule has 0 saturated carbocycles. The van der Waals surface area contributed by atoms with Crippen LogP contribution in [-0.2, 0) is 0 Å². The lowest BCUT2D eigenvalue weighted by Crippen LogP contribution is -2.52. The van der Waals surface area contributed by atoms with Gasteiger partial charge >= 0.3 is 0 Å². The maximum Gasteiger partial charge on any atom is 0.202 e. The van der Waals surface area contributed by atoms with Crippen LogP contribution in [0, 0.1) is 0 Å². The molecule has 8 aromatic rings. The van der Waals surface area contributed by atoms with Crippen LogP contribution in [0.5, 0.6) is 0 Å². The summed E-state index contributed by atoms with van der Waals surface area (Å²) in [6.07, 6.45) is 2.23. The molecule has 2 aliphatic rings. The van der Waals surface area contributed by atoms with Crippen LogP contribution in [0.4, 0.5) is 5.82 Å². The standard InChI is InChI=1S/C43H33N5/c1-2-8-35-32(7-1)27-38(37-10-4-3-9-36(35)37)33-15-13-31-26-34(16-14-30(31)25-33)39-19-17-28-11-12-29-18-20-40(46-42(29)41(28)45-39)48-24-6-23-47-22-5-21-44-43(47)48/h1-4,7-20,25-27H,5-6,21-24H2. The van der Waals surface area contributed by atoms with Gasteiger partial charge in [0.1, 0.15) is 5.82 Å². The van der Waals surface area contributed by atoms with Gasteiger partial charge in [0, 0.05) is 42.5 Å². The number of guanidine groups is 1. The third kappa shape index (κ3) is 4.42. The predicted octanol–water partition coefficient (Wildman–Crippen LogP) is 9.85. The van der Waals surface area contributed by atoms with Crippen LogP contribution < -0.4 is 4.90 Å². The predicted molar refractivity (Wildman–Crippen MR) is 201 cm³/mol. The lowest BCUT2D eigenvalue weighted by atomic mass is 9.92. The summed E-state index contributed by atoms with van der Waals surface area (Å²) in [5, 5.41) is 9.73.